The maximum atomic E-state index is 10.8. The number of hydrogen-bond donors (Lipinski definition) is 1. The molecule has 1 aromatic rings. The van der Waals surface area contributed by atoms with Crippen molar-refractivity contribution in [2.45, 2.75) is 32.1 Å². The summed E-state index contributed by atoms with van der Waals surface area (Å²) in [5.41, 5.74) is 2.45. The second-order valence-corrected chi connectivity index (χ2v) is 5.44. The van der Waals surface area contributed by atoms with Crippen molar-refractivity contribution in [3.05, 3.63) is 45.5 Å². The molecule has 1 saturated carbocycles. The van der Waals surface area contributed by atoms with Crippen molar-refractivity contribution in [1.82, 2.24) is 5.32 Å². The topological polar surface area (TPSA) is 55.2 Å². The minimum absolute atomic E-state index is 0.159. The van der Waals surface area contributed by atoms with E-state index >= 15 is 0 Å². The van der Waals surface area contributed by atoms with Crippen LogP contribution in [-0.2, 0) is 0 Å². The Labute approximate surface area is 120 Å². The number of nitrogens with zero attached hydrogens (tertiary/aromatic N) is 1. The van der Waals surface area contributed by atoms with Gasteiger partial charge in [0.1, 0.15) is 0 Å². The first-order valence-electron chi connectivity index (χ1n) is 7.30. The van der Waals surface area contributed by atoms with Crippen molar-refractivity contribution in [3.63, 3.8) is 0 Å². The van der Waals surface area contributed by atoms with Gasteiger partial charge in [0.2, 0.25) is 0 Å². The molecule has 0 bridgehead atoms. The summed E-state index contributed by atoms with van der Waals surface area (Å²) in [6.07, 6.45) is 8.52. The van der Waals surface area contributed by atoms with Crippen LogP contribution >= 0.6 is 0 Å². The Hall–Kier alpha value is -1.68. The van der Waals surface area contributed by atoms with Gasteiger partial charge in [-0.3, -0.25) is 10.1 Å². The maximum Gasteiger partial charge on any atom is 0.270 e. The second kappa shape index (κ2) is 7.20. The van der Waals surface area contributed by atoms with Crippen molar-refractivity contribution in [2.75, 3.05) is 13.6 Å². The second-order valence-electron chi connectivity index (χ2n) is 5.44. The number of nitrogens with one attached hydrogen (secondary N) is 1. The van der Waals surface area contributed by atoms with Crippen LogP contribution < -0.4 is 5.32 Å². The zero-order chi connectivity index (χ0) is 14.4. The fourth-order valence-corrected chi connectivity index (χ4v) is 2.93. The average molecular weight is 274 g/mol. The molecule has 1 N–H and O–H groups in total. The van der Waals surface area contributed by atoms with Crippen LogP contribution in [0.5, 0.6) is 0 Å². The molecule has 1 aliphatic carbocycles. The minimum atomic E-state index is -0.338. The lowest BCUT2D eigenvalue weighted by Crippen LogP contribution is -2.19. The summed E-state index contributed by atoms with van der Waals surface area (Å²) in [6.45, 7) is 0.855. The van der Waals surface area contributed by atoms with Gasteiger partial charge in [-0.2, -0.15) is 0 Å². The fraction of sp³-hybridized carbons (Fsp3) is 0.500. The van der Waals surface area contributed by atoms with Crippen molar-refractivity contribution in [2.24, 2.45) is 5.92 Å². The highest BCUT2D eigenvalue weighted by Crippen LogP contribution is 2.30. The number of rotatable bonds is 5. The van der Waals surface area contributed by atoms with Gasteiger partial charge in [0.05, 0.1) is 4.92 Å². The fourth-order valence-electron chi connectivity index (χ4n) is 2.93. The van der Waals surface area contributed by atoms with E-state index in [1.165, 1.54) is 43.7 Å². The van der Waals surface area contributed by atoms with E-state index in [1.807, 2.05) is 13.1 Å². The molecule has 0 atom stereocenters. The highest BCUT2D eigenvalue weighted by molar-refractivity contribution is 5.57. The summed E-state index contributed by atoms with van der Waals surface area (Å²) in [7, 11) is 1.95. The van der Waals surface area contributed by atoms with Crippen LogP contribution in [0.2, 0.25) is 0 Å². The van der Waals surface area contributed by atoms with Crippen LogP contribution in [0.3, 0.4) is 0 Å². The van der Waals surface area contributed by atoms with E-state index in [4.69, 9.17) is 0 Å². The maximum absolute atomic E-state index is 10.8. The largest absolute Gasteiger partial charge is 0.316 e. The molecule has 0 saturated heterocycles. The normalized spacial score (nSPS) is 17.1. The van der Waals surface area contributed by atoms with Gasteiger partial charge >= 0.3 is 0 Å². The Kier molecular flexibility index (Phi) is 5.30. The summed E-state index contributed by atoms with van der Waals surface area (Å²) < 4.78 is 0. The summed E-state index contributed by atoms with van der Waals surface area (Å²) in [5, 5.41) is 14.1. The van der Waals surface area contributed by atoms with E-state index in [-0.39, 0.29) is 10.6 Å². The lowest BCUT2D eigenvalue weighted by molar-refractivity contribution is -0.384. The highest BCUT2D eigenvalue weighted by Gasteiger charge is 2.17. The molecule has 0 unspecified atom stereocenters. The number of hydrogen-bond acceptors (Lipinski definition) is 3. The van der Waals surface area contributed by atoms with Gasteiger partial charge in [0.25, 0.3) is 5.69 Å². The Balaban J connectivity index is 2.22. The van der Waals surface area contributed by atoms with E-state index in [1.54, 1.807) is 12.1 Å². The lowest BCUT2D eigenvalue weighted by atomic mass is 9.83. The molecule has 4 heteroatoms. The standard InChI is InChI=1S/C16H22N2O2/c1-17-12-15(14-7-3-2-4-8-14)10-13-6-5-9-16(11-13)18(19)20/h5-6,9-11,14,17H,2-4,7-8,12H2,1H3/b15-10-. The van der Waals surface area contributed by atoms with Crippen molar-refractivity contribution < 1.29 is 4.92 Å². The summed E-state index contributed by atoms with van der Waals surface area (Å²) in [6, 6.07) is 6.88. The van der Waals surface area contributed by atoms with Gasteiger partial charge in [0.15, 0.2) is 0 Å². The number of nitro groups is 1. The first-order valence-corrected chi connectivity index (χ1v) is 7.30. The number of likely N-dealkylation sites (N-methyl/N-ethyl adjacent to an activating group) is 1. The van der Waals surface area contributed by atoms with E-state index in [0.29, 0.717) is 5.92 Å². The van der Waals surface area contributed by atoms with Gasteiger partial charge < -0.3 is 5.32 Å². The van der Waals surface area contributed by atoms with Crippen LogP contribution in [0.4, 0.5) is 5.69 Å². The zero-order valence-electron chi connectivity index (χ0n) is 12.0. The van der Waals surface area contributed by atoms with Crippen molar-refractivity contribution >= 4 is 11.8 Å². The third-order valence-electron chi connectivity index (χ3n) is 3.94. The van der Waals surface area contributed by atoms with Gasteiger partial charge in [-0.05, 0) is 31.4 Å². The van der Waals surface area contributed by atoms with E-state index in [2.05, 4.69) is 11.4 Å². The smallest absolute Gasteiger partial charge is 0.270 e. The third kappa shape index (κ3) is 3.90. The SMILES string of the molecule is CNC/C(=C/c1cccc([N+](=O)[O-])c1)C1CCCCC1. The monoisotopic (exact) mass is 274 g/mol. The molecule has 108 valence electrons. The Morgan fingerprint density at radius 2 is 2.15 bits per heavy atom. The lowest BCUT2D eigenvalue weighted by Gasteiger charge is -2.24. The number of nitro benzene ring substituents is 1. The molecular formula is C16H22N2O2. The highest BCUT2D eigenvalue weighted by atomic mass is 16.6. The van der Waals surface area contributed by atoms with Crippen LogP contribution in [0.1, 0.15) is 37.7 Å². The van der Waals surface area contributed by atoms with Crippen molar-refractivity contribution in [1.29, 1.82) is 0 Å². The summed E-state index contributed by atoms with van der Waals surface area (Å²) in [5.74, 6) is 0.621. The molecule has 0 spiro atoms. The predicted octanol–water partition coefficient (Wildman–Crippen LogP) is 3.78. The third-order valence-corrected chi connectivity index (χ3v) is 3.94. The molecule has 1 fully saturated rings. The average Bonchev–Trinajstić information content (AvgIpc) is 2.48. The molecule has 1 aromatic carbocycles. The molecule has 4 nitrogen and oxygen atoms in total. The van der Waals surface area contributed by atoms with E-state index < -0.39 is 0 Å². The van der Waals surface area contributed by atoms with Crippen LogP contribution in [0.15, 0.2) is 29.8 Å². The molecule has 0 amide bonds. The summed E-state index contributed by atoms with van der Waals surface area (Å²) >= 11 is 0. The molecule has 2 rings (SSSR count). The van der Waals surface area contributed by atoms with Crippen molar-refractivity contribution in [3.8, 4) is 0 Å². The Morgan fingerprint density at radius 3 is 2.80 bits per heavy atom. The molecule has 0 heterocycles. The van der Waals surface area contributed by atoms with Crippen LogP contribution in [-0.4, -0.2) is 18.5 Å². The number of benzene rings is 1. The number of non-ortho nitro benzene ring substituents is 1. The van der Waals surface area contributed by atoms with E-state index in [0.717, 1.165) is 12.1 Å². The van der Waals surface area contributed by atoms with Gasteiger partial charge in [0, 0.05) is 18.7 Å². The molecular weight excluding hydrogens is 252 g/mol. The Bertz CT molecular complexity index is 491. The quantitative estimate of drug-likeness (QED) is 0.656. The van der Waals surface area contributed by atoms with Crippen LogP contribution in [0, 0.1) is 16.0 Å². The zero-order valence-corrected chi connectivity index (χ0v) is 12.0. The summed E-state index contributed by atoms with van der Waals surface area (Å²) in [4.78, 5) is 10.5. The first-order chi connectivity index (χ1) is 9.70. The first kappa shape index (κ1) is 14.7. The van der Waals surface area contributed by atoms with Gasteiger partial charge in [-0.25, -0.2) is 0 Å². The van der Waals surface area contributed by atoms with Crippen LogP contribution in [0.25, 0.3) is 6.08 Å². The van der Waals surface area contributed by atoms with Gasteiger partial charge in [-0.1, -0.05) is 43.0 Å². The predicted molar refractivity (Wildman–Crippen MR) is 81.6 cm³/mol. The van der Waals surface area contributed by atoms with E-state index in [9.17, 15) is 10.1 Å². The van der Waals surface area contributed by atoms with Gasteiger partial charge in [-0.15, -0.1) is 0 Å². The molecule has 0 aromatic heterocycles. The Morgan fingerprint density at radius 1 is 1.40 bits per heavy atom. The molecule has 0 aliphatic heterocycles. The molecule has 1 aliphatic rings. The minimum Gasteiger partial charge on any atom is -0.316 e. The molecule has 20 heavy (non-hydrogen) atoms. The molecule has 0 radical (unpaired) electrons.